The Hall–Kier alpha value is -0.890. The molecule has 0 fully saturated rings. The minimum Gasteiger partial charge on any atom is -0.310 e. The van der Waals surface area contributed by atoms with E-state index in [9.17, 15) is 0 Å². The summed E-state index contributed by atoms with van der Waals surface area (Å²) in [7, 11) is 0. The molecule has 84 valence electrons. The maximum atomic E-state index is 4.02. The van der Waals surface area contributed by atoms with E-state index in [1.54, 1.807) is 0 Å². The van der Waals surface area contributed by atoms with Crippen LogP contribution < -0.4 is 5.32 Å². The molecule has 1 aromatic rings. The van der Waals surface area contributed by atoms with Crippen molar-refractivity contribution in [3.63, 3.8) is 0 Å². The van der Waals surface area contributed by atoms with E-state index in [-0.39, 0.29) is 0 Å². The normalized spacial score (nSPS) is 13.1. The first-order chi connectivity index (χ1) is 7.20. The molecule has 1 heterocycles. The summed E-state index contributed by atoms with van der Waals surface area (Å²) < 4.78 is 0. The largest absolute Gasteiger partial charge is 0.310 e. The highest BCUT2D eigenvalue weighted by Crippen LogP contribution is 2.10. The fraction of sp³-hybridized carbons (Fsp3) is 0.615. The second kappa shape index (κ2) is 6.57. The van der Waals surface area contributed by atoms with Gasteiger partial charge in [-0.25, -0.2) is 0 Å². The van der Waals surface area contributed by atoms with Crippen LogP contribution in [0.25, 0.3) is 0 Å². The number of pyridine rings is 1. The summed E-state index contributed by atoms with van der Waals surface area (Å²) in [4.78, 5) is 4.02. The zero-order valence-corrected chi connectivity index (χ0v) is 10.0. The maximum absolute atomic E-state index is 4.02. The van der Waals surface area contributed by atoms with Crippen LogP contribution in [0.15, 0.2) is 24.5 Å². The van der Waals surface area contributed by atoms with Gasteiger partial charge in [0.25, 0.3) is 0 Å². The molecule has 0 bridgehead atoms. The Balaban J connectivity index is 2.22. The lowest BCUT2D eigenvalue weighted by Gasteiger charge is -2.14. The number of nitrogens with one attached hydrogen (secondary N) is 1. The predicted octanol–water partition coefficient (Wildman–Crippen LogP) is 3.17. The molecule has 2 heteroatoms. The van der Waals surface area contributed by atoms with Crippen molar-refractivity contribution in [2.45, 2.75) is 39.7 Å². The Morgan fingerprint density at radius 3 is 2.47 bits per heavy atom. The van der Waals surface area contributed by atoms with Crippen LogP contribution in [0.4, 0.5) is 0 Å². The molecule has 15 heavy (non-hydrogen) atoms. The summed E-state index contributed by atoms with van der Waals surface area (Å²) in [5.74, 6) is 0.808. The topological polar surface area (TPSA) is 24.9 Å². The van der Waals surface area contributed by atoms with Gasteiger partial charge < -0.3 is 5.32 Å². The van der Waals surface area contributed by atoms with E-state index in [1.165, 1.54) is 18.4 Å². The van der Waals surface area contributed by atoms with E-state index in [2.05, 4.69) is 43.2 Å². The number of nitrogens with zero attached hydrogens (tertiary/aromatic N) is 1. The van der Waals surface area contributed by atoms with Crippen LogP contribution in [0.2, 0.25) is 0 Å². The molecule has 0 radical (unpaired) electrons. The van der Waals surface area contributed by atoms with E-state index in [4.69, 9.17) is 0 Å². The third kappa shape index (κ3) is 4.93. The first kappa shape index (κ1) is 12.2. The van der Waals surface area contributed by atoms with Crippen molar-refractivity contribution in [3.05, 3.63) is 30.1 Å². The molecule has 2 nitrogen and oxygen atoms in total. The zero-order chi connectivity index (χ0) is 11.1. The van der Waals surface area contributed by atoms with Crippen molar-refractivity contribution in [1.82, 2.24) is 10.3 Å². The molecule has 0 aliphatic heterocycles. The molecule has 0 amide bonds. The van der Waals surface area contributed by atoms with Gasteiger partial charge in [0.1, 0.15) is 0 Å². The van der Waals surface area contributed by atoms with E-state index in [1.807, 2.05) is 12.4 Å². The van der Waals surface area contributed by atoms with Gasteiger partial charge in [-0.05, 0) is 49.9 Å². The first-order valence-electron chi connectivity index (χ1n) is 5.83. The Morgan fingerprint density at radius 2 is 1.87 bits per heavy atom. The average Bonchev–Trinajstić information content (AvgIpc) is 2.25. The molecule has 0 saturated carbocycles. The van der Waals surface area contributed by atoms with Crippen LogP contribution >= 0.6 is 0 Å². The summed E-state index contributed by atoms with van der Waals surface area (Å²) in [5.41, 5.74) is 1.31. The fourth-order valence-corrected chi connectivity index (χ4v) is 1.60. The highest BCUT2D eigenvalue weighted by atomic mass is 14.9. The van der Waals surface area contributed by atoms with E-state index >= 15 is 0 Å². The molecular formula is C13H22N2. The predicted molar refractivity (Wildman–Crippen MR) is 64.7 cm³/mol. The monoisotopic (exact) mass is 206 g/mol. The number of aromatic nitrogens is 1. The fourth-order valence-electron chi connectivity index (χ4n) is 1.60. The Kier molecular flexibility index (Phi) is 5.33. The molecule has 0 aliphatic rings. The van der Waals surface area contributed by atoms with Crippen molar-refractivity contribution in [3.8, 4) is 0 Å². The minimum absolute atomic E-state index is 0.431. The third-order valence-electron chi connectivity index (χ3n) is 2.61. The smallest absolute Gasteiger partial charge is 0.0292 e. The maximum Gasteiger partial charge on any atom is 0.0292 e. The van der Waals surface area contributed by atoms with Crippen LogP contribution in [0.1, 0.15) is 45.2 Å². The summed E-state index contributed by atoms with van der Waals surface area (Å²) in [6.45, 7) is 7.84. The molecule has 1 aromatic heterocycles. The lowest BCUT2D eigenvalue weighted by atomic mass is 10.1. The molecule has 0 aliphatic carbocycles. The molecule has 1 N–H and O–H groups in total. The van der Waals surface area contributed by atoms with Crippen molar-refractivity contribution < 1.29 is 0 Å². The Morgan fingerprint density at radius 1 is 1.20 bits per heavy atom. The highest BCUT2D eigenvalue weighted by molar-refractivity contribution is 5.13. The number of rotatable bonds is 6. The summed E-state index contributed by atoms with van der Waals surface area (Å²) in [5, 5.41) is 3.53. The van der Waals surface area contributed by atoms with Crippen LogP contribution in [-0.4, -0.2) is 11.5 Å². The van der Waals surface area contributed by atoms with Gasteiger partial charge in [-0.3, -0.25) is 4.98 Å². The van der Waals surface area contributed by atoms with Crippen molar-refractivity contribution >= 4 is 0 Å². The van der Waals surface area contributed by atoms with Gasteiger partial charge in [0.15, 0.2) is 0 Å². The molecule has 1 rings (SSSR count). The van der Waals surface area contributed by atoms with Crippen molar-refractivity contribution in [2.24, 2.45) is 5.92 Å². The van der Waals surface area contributed by atoms with Crippen LogP contribution in [0, 0.1) is 5.92 Å². The standard InChI is InChI=1S/C13H22N2/c1-11(2)5-4-8-15-12(3)13-6-9-14-10-7-13/h6-7,9-12,15H,4-5,8H2,1-3H3/t12-/m0/s1. The summed E-state index contributed by atoms with van der Waals surface area (Å²) in [6.07, 6.45) is 6.26. The van der Waals surface area contributed by atoms with E-state index < -0.39 is 0 Å². The zero-order valence-electron chi connectivity index (χ0n) is 10.0. The van der Waals surface area contributed by atoms with Gasteiger partial charge in [0.05, 0.1) is 0 Å². The minimum atomic E-state index is 0.431. The second-order valence-corrected chi connectivity index (χ2v) is 4.49. The molecule has 0 saturated heterocycles. The molecular weight excluding hydrogens is 184 g/mol. The highest BCUT2D eigenvalue weighted by Gasteiger charge is 2.03. The van der Waals surface area contributed by atoms with Gasteiger partial charge in [0, 0.05) is 18.4 Å². The number of hydrogen-bond acceptors (Lipinski definition) is 2. The van der Waals surface area contributed by atoms with Crippen LogP contribution in [0.5, 0.6) is 0 Å². The van der Waals surface area contributed by atoms with Gasteiger partial charge in [-0.15, -0.1) is 0 Å². The van der Waals surface area contributed by atoms with Crippen LogP contribution in [-0.2, 0) is 0 Å². The Labute approximate surface area is 93.1 Å². The third-order valence-corrected chi connectivity index (χ3v) is 2.61. The van der Waals surface area contributed by atoms with E-state index in [0.717, 1.165) is 12.5 Å². The molecule has 0 aromatic carbocycles. The summed E-state index contributed by atoms with van der Waals surface area (Å²) in [6, 6.07) is 4.57. The van der Waals surface area contributed by atoms with Gasteiger partial charge >= 0.3 is 0 Å². The van der Waals surface area contributed by atoms with Crippen molar-refractivity contribution in [1.29, 1.82) is 0 Å². The lowest BCUT2D eigenvalue weighted by Crippen LogP contribution is -2.20. The SMILES string of the molecule is CC(C)CCCN[C@@H](C)c1ccncc1. The molecule has 0 spiro atoms. The van der Waals surface area contributed by atoms with Gasteiger partial charge in [0.2, 0.25) is 0 Å². The van der Waals surface area contributed by atoms with Crippen molar-refractivity contribution in [2.75, 3.05) is 6.54 Å². The van der Waals surface area contributed by atoms with Gasteiger partial charge in [-0.2, -0.15) is 0 Å². The summed E-state index contributed by atoms with van der Waals surface area (Å²) >= 11 is 0. The molecule has 0 unspecified atom stereocenters. The number of hydrogen-bond donors (Lipinski definition) is 1. The molecule has 1 atom stereocenters. The lowest BCUT2D eigenvalue weighted by molar-refractivity contribution is 0.497. The van der Waals surface area contributed by atoms with Gasteiger partial charge in [-0.1, -0.05) is 13.8 Å². The quantitative estimate of drug-likeness (QED) is 0.723. The second-order valence-electron chi connectivity index (χ2n) is 4.49. The van der Waals surface area contributed by atoms with Crippen LogP contribution in [0.3, 0.4) is 0 Å². The Bertz CT molecular complexity index is 256. The average molecular weight is 206 g/mol. The van der Waals surface area contributed by atoms with E-state index in [0.29, 0.717) is 6.04 Å². The first-order valence-corrected chi connectivity index (χ1v) is 5.83.